The number of benzene rings is 1. The smallest absolute Gasteiger partial charge is 0.330 e. The second-order valence-corrected chi connectivity index (χ2v) is 4.14. The number of carbonyl (C=O) groups excluding carboxylic acids is 1. The summed E-state index contributed by atoms with van der Waals surface area (Å²) < 4.78 is 4.80. The Morgan fingerprint density at radius 3 is 2.83 bits per heavy atom. The summed E-state index contributed by atoms with van der Waals surface area (Å²) in [5, 5.41) is 3.34. The van der Waals surface area contributed by atoms with Gasteiger partial charge in [-0.1, -0.05) is 30.3 Å². The normalized spacial score (nSPS) is 12.6. The Morgan fingerprint density at radius 2 is 2.17 bits per heavy atom. The molecular formula is C15H21NO2. The molecule has 0 aliphatic rings. The van der Waals surface area contributed by atoms with Crippen molar-refractivity contribution in [3.05, 3.63) is 47.5 Å². The minimum absolute atomic E-state index is 0.262. The fourth-order valence-electron chi connectivity index (χ4n) is 1.77. The van der Waals surface area contributed by atoms with Crippen LogP contribution in [0.25, 0.3) is 0 Å². The fraction of sp³-hybridized carbons (Fsp3) is 0.400. The van der Waals surface area contributed by atoms with Crippen molar-refractivity contribution < 1.29 is 9.53 Å². The minimum Gasteiger partial charge on any atom is -0.463 e. The molecule has 0 heterocycles. The molecule has 1 aromatic rings. The molecule has 0 aliphatic heterocycles. The van der Waals surface area contributed by atoms with E-state index in [1.807, 2.05) is 12.1 Å². The van der Waals surface area contributed by atoms with Crippen LogP contribution in [-0.4, -0.2) is 19.1 Å². The summed E-state index contributed by atoms with van der Waals surface area (Å²) in [4.78, 5) is 11.1. The summed E-state index contributed by atoms with van der Waals surface area (Å²) in [6, 6.07) is 8.55. The predicted molar refractivity (Wildman–Crippen MR) is 73.4 cm³/mol. The molecule has 0 fully saturated rings. The molecule has 0 spiro atoms. The summed E-state index contributed by atoms with van der Waals surface area (Å²) in [5.41, 5.74) is 2.55. The Kier molecular flexibility index (Phi) is 6.15. The van der Waals surface area contributed by atoms with Gasteiger partial charge in [-0.25, -0.2) is 4.79 Å². The minimum atomic E-state index is -0.289. The average Bonchev–Trinajstić information content (AvgIpc) is 2.35. The first-order chi connectivity index (χ1) is 8.65. The maximum atomic E-state index is 11.1. The monoisotopic (exact) mass is 247 g/mol. The summed E-state index contributed by atoms with van der Waals surface area (Å²) in [7, 11) is 0. The van der Waals surface area contributed by atoms with Gasteiger partial charge >= 0.3 is 5.97 Å². The van der Waals surface area contributed by atoms with E-state index < -0.39 is 0 Å². The molecule has 0 saturated heterocycles. The lowest BCUT2D eigenvalue weighted by Gasteiger charge is -2.15. The molecule has 0 aromatic heterocycles. The Bertz CT molecular complexity index is 413. The first-order valence-electron chi connectivity index (χ1n) is 6.27. The van der Waals surface area contributed by atoms with Gasteiger partial charge in [0.1, 0.15) is 0 Å². The molecule has 0 bridgehead atoms. The van der Waals surface area contributed by atoms with Crippen LogP contribution in [0.1, 0.15) is 31.0 Å². The molecule has 1 aromatic carbocycles. The van der Waals surface area contributed by atoms with E-state index in [1.165, 1.54) is 17.2 Å². The SMILES string of the molecule is CCOC(=O)/C=C/CN[C@H](C)c1ccccc1C. The lowest BCUT2D eigenvalue weighted by Crippen LogP contribution is -2.19. The second-order valence-electron chi connectivity index (χ2n) is 4.14. The van der Waals surface area contributed by atoms with Gasteiger partial charge in [0, 0.05) is 18.7 Å². The Labute approximate surface area is 109 Å². The zero-order valence-electron chi connectivity index (χ0n) is 11.3. The van der Waals surface area contributed by atoms with Gasteiger partial charge in [-0.15, -0.1) is 0 Å². The van der Waals surface area contributed by atoms with Gasteiger partial charge in [-0.05, 0) is 31.9 Å². The first kappa shape index (κ1) is 14.5. The maximum absolute atomic E-state index is 11.1. The molecule has 1 atom stereocenters. The number of hydrogen-bond donors (Lipinski definition) is 1. The molecule has 1 N–H and O–H groups in total. The third-order valence-electron chi connectivity index (χ3n) is 2.74. The number of esters is 1. The zero-order chi connectivity index (χ0) is 13.4. The van der Waals surface area contributed by atoms with Crippen LogP contribution in [-0.2, 0) is 9.53 Å². The lowest BCUT2D eigenvalue weighted by atomic mass is 10.0. The molecule has 0 amide bonds. The van der Waals surface area contributed by atoms with Gasteiger partial charge < -0.3 is 10.1 Å². The maximum Gasteiger partial charge on any atom is 0.330 e. The van der Waals surface area contributed by atoms with Crippen molar-refractivity contribution in [2.45, 2.75) is 26.8 Å². The number of hydrogen-bond acceptors (Lipinski definition) is 3. The van der Waals surface area contributed by atoms with Gasteiger partial charge in [0.05, 0.1) is 6.61 Å². The van der Waals surface area contributed by atoms with Crippen LogP contribution in [0.5, 0.6) is 0 Å². The van der Waals surface area contributed by atoms with Crippen molar-refractivity contribution in [1.29, 1.82) is 0 Å². The molecule has 3 heteroatoms. The van der Waals surface area contributed by atoms with E-state index in [2.05, 4.69) is 31.3 Å². The zero-order valence-corrected chi connectivity index (χ0v) is 11.3. The molecule has 0 saturated carbocycles. The van der Waals surface area contributed by atoms with Gasteiger partial charge in [-0.3, -0.25) is 0 Å². The highest BCUT2D eigenvalue weighted by Gasteiger charge is 2.05. The largest absolute Gasteiger partial charge is 0.463 e. The third kappa shape index (κ3) is 4.72. The van der Waals surface area contributed by atoms with Crippen LogP contribution in [0.2, 0.25) is 0 Å². The quantitative estimate of drug-likeness (QED) is 0.620. The molecular weight excluding hydrogens is 226 g/mol. The highest BCUT2D eigenvalue weighted by atomic mass is 16.5. The summed E-state index contributed by atoms with van der Waals surface area (Å²) >= 11 is 0. The molecule has 1 rings (SSSR count). The highest BCUT2D eigenvalue weighted by Crippen LogP contribution is 2.16. The van der Waals surface area contributed by atoms with E-state index in [1.54, 1.807) is 13.0 Å². The van der Waals surface area contributed by atoms with Crippen molar-refractivity contribution in [2.75, 3.05) is 13.2 Å². The average molecular weight is 247 g/mol. The van der Waals surface area contributed by atoms with E-state index >= 15 is 0 Å². The van der Waals surface area contributed by atoms with E-state index in [0.29, 0.717) is 13.2 Å². The summed E-state index contributed by atoms with van der Waals surface area (Å²) in [6.45, 7) is 7.07. The summed E-state index contributed by atoms with van der Waals surface area (Å²) in [6.07, 6.45) is 3.24. The van der Waals surface area contributed by atoms with E-state index in [-0.39, 0.29) is 12.0 Å². The van der Waals surface area contributed by atoms with Crippen LogP contribution in [0.15, 0.2) is 36.4 Å². The Morgan fingerprint density at radius 1 is 1.44 bits per heavy atom. The van der Waals surface area contributed by atoms with Crippen molar-refractivity contribution in [1.82, 2.24) is 5.32 Å². The molecule has 0 unspecified atom stereocenters. The van der Waals surface area contributed by atoms with Crippen LogP contribution >= 0.6 is 0 Å². The number of rotatable bonds is 6. The van der Waals surface area contributed by atoms with Gasteiger partial charge in [0.15, 0.2) is 0 Å². The number of nitrogens with one attached hydrogen (secondary N) is 1. The molecule has 3 nitrogen and oxygen atoms in total. The molecule has 0 aliphatic carbocycles. The second kappa shape index (κ2) is 7.67. The third-order valence-corrected chi connectivity index (χ3v) is 2.74. The molecule has 0 radical (unpaired) electrons. The number of ether oxygens (including phenoxy) is 1. The van der Waals surface area contributed by atoms with Crippen molar-refractivity contribution in [2.24, 2.45) is 0 Å². The fourth-order valence-corrected chi connectivity index (χ4v) is 1.77. The van der Waals surface area contributed by atoms with Gasteiger partial charge in [0.2, 0.25) is 0 Å². The summed E-state index contributed by atoms with van der Waals surface area (Å²) in [5.74, 6) is -0.289. The first-order valence-corrected chi connectivity index (χ1v) is 6.27. The number of aryl methyl sites for hydroxylation is 1. The standard InChI is InChI=1S/C15H21NO2/c1-4-18-15(17)10-7-11-16-13(3)14-9-6-5-8-12(14)2/h5-10,13,16H,4,11H2,1-3H3/b10-7+/t13-/m1/s1. The molecule has 98 valence electrons. The van der Waals surface area contributed by atoms with Crippen LogP contribution < -0.4 is 5.32 Å². The molecule has 18 heavy (non-hydrogen) atoms. The predicted octanol–water partition coefficient (Wildman–Crippen LogP) is 2.76. The Balaban J connectivity index is 2.40. The van der Waals surface area contributed by atoms with Gasteiger partial charge in [0.25, 0.3) is 0 Å². The van der Waals surface area contributed by atoms with Crippen LogP contribution in [0.4, 0.5) is 0 Å². The van der Waals surface area contributed by atoms with Crippen molar-refractivity contribution in [3.8, 4) is 0 Å². The number of carbonyl (C=O) groups is 1. The van der Waals surface area contributed by atoms with E-state index in [9.17, 15) is 4.79 Å². The highest BCUT2D eigenvalue weighted by molar-refractivity contribution is 5.81. The lowest BCUT2D eigenvalue weighted by molar-refractivity contribution is -0.137. The van der Waals surface area contributed by atoms with Crippen molar-refractivity contribution in [3.63, 3.8) is 0 Å². The Hall–Kier alpha value is -1.61. The van der Waals surface area contributed by atoms with Gasteiger partial charge in [-0.2, -0.15) is 0 Å². The van der Waals surface area contributed by atoms with Crippen LogP contribution in [0, 0.1) is 6.92 Å². The van der Waals surface area contributed by atoms with E-state index in [4.69, 9.17) is 4.74 Å². The van der Waals surface area contributed by atoms with E-state index in [0.717, 1.165) is 0 Å². The topological polar surface area (TPSA) is 38.3 Å². The van der Waals surface area contributed by atoms with Crippen molar-refractivity contribution >= 4 is 5.97 Å². The van der Waals surface area contributed by atoms with Crippen LogP contribution in [0.3, 0.4) is 0 Å².